The lowest BCUT2D eigenvalue weighted by molar-refractivity contribution is 0.0763. The Bertz CT molecular complexity index is 679. The van der Waals surface area contributed by atoms with Crippen LogP contribution in [0, 0.1) is 5.92 Å². The molecule has 1 amide bonds. The Kier molecular flexibility index (Phi) is 4.34. The third-order valence-electron chi connectivity index (χ3n) is 4.44. The molecule has 0 radical (unpaired) electrons. The van der Waals surface area contributed by atoms with E-state index in [0.717, 1.165) is 17.7 Å². The molecule has 1 aliphatic rings. The van der Waals surface area contributed by atoms with Crippen molar-refractivity contribution in [2.75, 3.05) is 20.2 Å². The number of carbonyl (C=O) groups excluding carboxylic acids is 1. The first-order chi connectivity index (χ1) is 11.1. The number of ether oxygens (including phenoxy) is 1. The molecule has 122 valence electrons. The van der Waals surface area contributed by atoms with Gasteiger partial charge >= 0.3 is 0 Å². The van der Waals surface area contributed by atoms with E-state index in [1.54, 1.807) is 25.1 Å². The second kappa shape index (κ2) is 6.42. The van der Waals surface area contributed by atoms with Gasteiger partial charge in [-0.25, -0.2) is 0 Å². The van der Waals surface area contributed by atoms with Crippen molar-refractivity contribution in [2.24, 2.45) is 5.92 Å². The first-order valence-electron chi connectivity index (χ1n) is 7.75. The summed E-state index contributed by atoms with van der Waals surface area (Å²) in [6, 6.07) is 7.49. The monoisotopic (exact) mass is 315 g/mol. The Morgan fingerprint density at radius 3 is 2.78 bits per heavy atom. The Morgan fingerprint density at radius 1 is 1.43 bits per heavy atom. The van der Waals surface area contributed by atoms with Crippen LogP contribution in [0.25, 0.3) is 11.3 Å². The number of nitrogens with zero attached hydrogens (tertiary/aromatic N) is 2. The van der Waals surface area contributed by atoms with Crippen molar-refractivity contribution in [3.63, 3.8) is 0 Å². The van der Waals surface area contributed by atoms with E-state index in [1.807, 2.05) is 24.3 Å². The molecule has 6 nitrogen and oxygen atoms in total. The van der Waals surface area contributed by atoms with Crippen molar-refractivity contribution in [1.82, 2.24) is 15.1 Å². The molecule has 0 saturated carbocycles. The summed E-state index contributed by atoms with van der Waals surface area (Å²) in [7, 11) is 1.62. The lowest BCUT2D eigenvalue weighted by Gasteiger charge is -2.17. The van der Waals surface area contributed by atoms with Gasteiger partial charge in [0.05, 0.1) is 30.7 Å². The summed E-state index contributed by atoms with van der Waals surface area (Å²) in [5.41, 5.74) is 2.15. The molecule has 23 heavy (non-hydrogen) atoms. The molecule has 1 aliphatic heterocycles. The van der Waals surface area contributed by atoms with Crippen molar-refractivity contribution in [1.29, 1.82) is 0 Å². The fraction of sp³-hybridized carbons (Fsp3) is 0.412. The van der Waals surface area contributed by atoms with Crippen LogP contribution in [0.15, 0.2) is 30.5 Å². The summed E-state index contributed by atoms with van der Waals surface area (Å²) in [4.78, 5) is 14.5. The second-order valence-electron chi connectivity index (χ2n) is 5.93. The van der Waals surface area contributed by atoms with Crippen LogP contribution in [0.3, 0.4) is 0 Å². The Labute approximate surface area is 135 Å². The molecule has 3 rings (SSSR count). The van der Waals surface area contributed by atoms with Gasteiger partial charge in [-0.05, 0) is 37.6 Å². The van der Waals surface area contributed by atoms with Crippen LogP contribution in [0.1, 0.15) is 23.7 Å². The highest BCUT2D eigenvalue weighted by atomic mass is 16.5. The van der Waals surface area contributed by atoms with Crippen LogP contribution in [0.5, 0.6) is 5.75 Å². The normalized spacial score (nSPS) is 18.9. The molecule has 1 aromatic carbocycles. The molecule has 1 fully saturated rings. The molecule has 1 saturated heterocycles. The topological polar surface area (TPSA) is 78.5 Å². The van der Waals surface area contributed by atoms with E-state index < -0.39 is 6.10 Å². The van der Waals surface area contributed by atoms with Crippen molar-refractivity contribution < 1.29 is 14.6 Å². The standard InChI is InChI=1S/C17H21N3O3/c1-11(21)13-7-8-20(10-13)17(22)15-9-18-19-16(15)12-3-5-14(23-2)6-4-12/h3-6,9,11,13,21H,7-8,10H2,1-2H3,(H,18,19). The second-order valence-corrected chi connectivity index (χ2v) is 5.93. The number of likely N-dealkylation sites (tertiary alicyclic amines) is 1. The molecular weight excluding hydrogens is 294 g/mol. The summed E-state index contributed by atoms with van der Waals surface area (Å²) in [6.07, 6.45) is 2.01. The minimum Gasteiger partial charge on any atom is -0.497 e. The number of rotatable bonds is 4. The molecule has 6 heteroatoms. The van der Waals surface area contributed by atoms with Crippen LogP contribution < -0.4 is 4.74 Å². The Hall–Kier alpha value is -2.34. The summed E-state index contributed by atoms with van der Waals surface area (Å²) < 4.78 is 5.16. The number of aliphatic hydroxyl groups excluding tert-OH is 1. The Balaban J connectivity index is 1.81. The lowest BCUT2D eigenvalue weighted by Crippen LogP contribution is -2.30. The zero-order chi connectivity index (χ0) is 16.4. The number of methoxy groups -OCH3 is 1. The average molecular weight is 315 g/mol. The number of benzene rings is 1. The zero-order valence-corrected chi connectivity index (χ0v) is 13.3. The maximum atomic E-state index is 12.8. The predicted molar refractivity (Wildman–Crippen MR) is 86.3 cm³/mol. The minimum absolute atomic E-state index is 0.0484. The maximum Gasteiger partial charge on any atom is 0.257 e. The first kappa shape index (κ1) is 15.6. The smallest absolute Gasteiger partial charge is 0.257 e. The minimum atomic E-state index is -0.391. The molecule has 2 N–H and O–H groups in total. The molecule has 2 atom stereocenters. The first-order valence-corrected chi connectivity index (χ1v) is 7.75. The van der Waals surface area contributed by atoms with Crippen molar-refractivity contribution in [2.45, 2.75) is 19.4 Å². The van der Waals surface area contributed by atoms with E-state index in [1.165, 1.54) is 0 Å². The van der Waals surface area contributed by atoms with Gasteiger partial charge in [-0.1, -0.05) is 0 Å². The van der Waals surface area contributed by atoms with Gasteiger partial charge in [-0.3, -0.25) is 9.89 Å². The van der Waals surface area contributed by atoms with Gasteiger partial charge in [0.25, 0.3) is 5.91 Å². The number of hydrogen-bond acceptors (Lipinski definition) is 4. The predicted octanol–water partition coefficient (Wildman–Crippen LogP) is 1.93. The van der Waals surface area contributed by atoms with Crippen molar-refractivity contribution in [3.8, 4) is 17.0 Å². The van der Waals surface area contributed by atoms with Crippen LogP contribution in [-0.2, 0) is 0 Å². The number of aliphatic hydroxyl groups is 1. The zero-order valence-electron chi connectivity index (χ0n) is 13.3. The lowest BCUT2D eigenvalue weighted by atomic mass is 10.0. The fourth-order valence-electron chi connectivity index (χ4n) is 2.96. The maximum absolute atomic E-state index is 12.8. The third-order valence-corrected chi connectivity index (χ3v) is 4.44. The summed E-state index contributed by atoms with van der Waals surface area (Å²) >= 11 is 0. The van der Waals surface area contributed by atoms with E-state index in [4.69, 9.17) is 4.74 Å². The average Bonchev–Trinajstić information content (AvgIpc) is 3.23. The highest BCUT2D eigenvalue weighted by Crippen LogP contribution is 2.27. The SMILES string of the molecule is COc1ccc(-c2[nH]ncc2C(=O)N2CCC(C(C)O)C2)cc1. The van der Waals surface area contributed by atoms with E-state index in [9.17, 15) is 9.90 Å². The van der Waals surface area contributed by atoms with E-state index in [-0.39, 0.29) is 11.8 Å². The van der Waals surface area contributed by atoms with Gasteiger partial charge in [0.1, 0.15) is 5.75 Å². The molecule has 2 unspecified atom stereocenters. The Morgan fingerprint density at radius 2 is 2.17 bits per heavy atom. The number of aromatic amines is 1. The van der Waals surface area contributed by atoms with Gasteiger partial charge in [0, 0.05) is 24.6 Å². The summed E-state index contributed by atoms with van der Waals surface area (Å²) in [5, 5.41) is 16.6. The largest absolute Gasteiger partial charge is 0.497 e. The van der Waals surface area contributed by atoms with Gasteiger partial charge in [-0.2, -0.15) is 5.10 Å². The molecule has 2 heterocycles. The molecule has 2 aromatic rings. The fourth-order valence-corrected chi connectivity index (χ4v) is 2.96. The molecule has 0 aliphatic carbocycles. The molecular formula is C17H21N3O3. The molecule has 0 bridgehead atoms. The number of hydrogen-bond donors (Lipinski definition) is 2. The van der Waals surface area contributed by atoms with E-state index in [0.29, 0.717) is 24.3 Å². The van der Waals surface area contributed by atoms with Crippen LogP contribution in [0.2, 0.25) is 0 Å². The molecule has 1 aromatic heterocycles. The number of amides is 1. The summed E-state index contributed by atoms with van der Waals surface area (Å²) in [5.74, 6) is 0.864. The molecule has 0 spiro atoms. The van der Waals surface area contributed by atoms with Gasteiger partial charge in [0.15, 0.2) is 0 Å². The van der Waals surface area contributed by atoms with E-state index >= 15 is 0 Å². The van der Waals surface area contributed by atoms with Crippen LogP contribution >= 0.6 is 0 Å². The highest BCUT2D eigenvalue weighted by Gasteiger charge is 2.31. The quantitative estimate of drug-likeness (QED) is 0.903. The van der Waals surface area contributed by atoms with Gasteiger partial charge in [-0.15, -0.1) is 0 Å². The van der Waals surface area contributed by atoms with Gasteiger partial charge < -0.3 is 14.7 Å². The number of H-pyrrole nitrogens is 1. The van der Waals surface area contributed by atoms with Crippen molar-refractivity contribution in [3.05, 3.63) is 36.0 Å². The number of aromatic nitrogens is 2. The van der Waals surface area contributed by atoms with Crippen molar-refractivity contribution >= 4 is 5.91 Å². The number of carbonyl (C=O) groups is 1. The highest BCUT2D eigenvalue weighted by molar-refractivity contribution is 5.99. The summed E-state index contributed by atoms with van der Waals surface area (Å²) in [6.45, 7) is 3.03. The van der Waals surface area contributed by atoms with Crippen LogP contribution in [0.4, 0.5) is 0 Å². The van der Waals surface area contributed by atoms with E-state index in [2.05, 4.69) is 10.2 Å². The number of nitrogens with one attached hydrogen (secondary N) is 1. The van der Waals surface area contributed by atoms with Gasteiger partial charge in [0.2, 0.25) is 0 Å². The third kappa shape index (κ3) is 3.07. The van der Waals surface area contributed by atoms with Crippen LogP contribution in [-0.4, -0.2) is 52.4 Å².